The molecule has 1 fully saturated rings. The van der Waals surface area contributed by atoms with Crippen molar-refractivity contribution in [2.45, 2.75) is 25.8 Å². The fraction of sp³-hybridized carbons (Fsp3) is 0.714. The number of nitrogens with one attached hydrogen (secondary N) is 1. The van der Waals surface area contributed by atoms with E-state index in [1.807, 2.05) is 0 Å². The van der Waals surface area contributed by atoms with E-state index >= 15 is 0 Å². The van der Waals surface area contributed by atoms with Gasteiger partial charge in [0.25, 0.3) is 0 Å². The van der Waals surface area contributed by atoms with Gasteiger partial charge in [0.05, 0.1) is 6.20 Å². The first-order valence-corrected chi connectivity index (χ1v) is 7.59. The maximum absolute atomic E-state index is 12.1. The highest BCUT2D eigenvalue weighted by Crippen LogP contribution is 2.17. The number of piperidine rings is 1. The van der Waals surface area contributed by atoms with E-state index < -0.39 is 0 Å². The fourth-order valence-electron chi connectivity index (χ4n) is 2.55. The zero-order chi connectivity index (χ0) is 15.8. The number of likely N-dealkylation sites (tertiary alicyclic amines) is 1. The highest BCUT2D eigenvalue weighted by molar-refractivity contribution is 5.80. The van der Waals surface area contributed by atoms with Crippen molar-refractivity contribution in [3.05, 3.63) is 12.4 Å². The van der Waals surface area contributed by atoms with Gasteiger partial charge in [0, 0.05) is 45.4 Å². The van der Waals surface area contributed by atoms with E-state index in [9.17, 15) is 9.59 Å². The van der Waals surface area contributed by atoms with Crippen LogP contribution in [0.5, 0.6) is 0 Å². The van der Waals surface area contributed by atoms with Gasteiger partial charge in [0.1, 0.15) is 6.61 Å². The first kappa shape index (κ1) is 16.4. The summed E-state index contributed by atoms with van der Waals surface area (Å²) in [5.74, 6) is 0.0737. The van der Waals surface area contributed by atoms with Crippen molar-refractivity contribution in [1.29, 1.82) is 0 Å². The Labute approximate surface area is 129 Å². The maximum atomic E-state index is 12.1. The number of hydrogen-bond acceptors (Lipinski definition) is 5. The highest BCUT2D eigenvalue weighted by atomic mass is 16.5. The molecule has 1 aliphatic heterocycles. The fourth-order valence-corrected chi connectivity index (χ4v) is 2.55. The summed E-state index contributed by atoms with van der Waals surface area (Å²) in [6.07, 6.45) is 5.68. The molecule has 1 saturated heterocycles. The van der Waals surface area contributed by atoms with E-state index in [1.165, 1.54) is 7.11 Å². The Bertz CT molecular complexity index is 469. The molecular weight excluding hydrogens is 286 g/mol. The largest absolute Gasteiger partial charge is 0.375 e. The highest BCUT2D eigenvalue weighted by Gasteiger charge is 2.26. The van der Waals surface area contributed by atoms with Gasteiger partial charge in [-0.1, -0.05) is 5.21 Å². The van der Waals surface area contributed by atoms with Crippen LogP contribution in [0, 0.1) is 5.92 Å². The van der Waals surface area contributed by atoms with Gasteiger partial charge < -0.3 is 15.0 Å². The number of carbonyl (C=O) groups is 2. The van der Waals surface area contributed by atoms with Gasteiger partial charge in [0.2, 0.25) is 11.8 Å². The standard InChI is InChI=1S/C14H23N5O3/c1-22-11-13(20)18-8-3-12(4-9-18)14(21)15-5-2-7-19-10-6-16-17-19/h6,10,12H,2-5,7-9,11H2,1H3,(H,15,21). The van der Waals surface area contributed by atoms with Crippen LogP contribution in [0.2, 0.25) is 0 Å². The van der Waals surface area contributed by atoms with E-state index in [-0.39, 0.29) is 24.3 Å². The minimum absolute atomic E-state index is 0.00188. The molecule has 8 nitrogen and oxygen atoms in total. The van der Waals surface area contributed by atoms with Gasteiger partial charge in [-0.15, -0.1) is 5.10 Å². The predicted octanol–water partition coefficient (Wildman–Crippen LogP) is -0.331. The Balaban J connectivity index is 1.61. The summed E-state index contributed by atoms with van der Waals surface area (Å²) in [6.45, 7) is 2.73. The molecule has 1 aromatic heterocycles. The van der Waals surface area contributed by atoms with Gasteiger partial charge in [-0.2, -0.15) is 0 Å². The maximum Gasteiger partial charge on any atom is 0.248 e. The molecule has 22 heavy (non-hydrogen) atoms. The number of ether oxygens (including phenoxy) is 1. The molecule has 0 aliphatic carbocycles. The molecule has 0 saturated carbocycles. The zero-order valence-electron chi connectivity index (χ0n) is 12.9. The van der Waals surface area contributed by atoms with Crippen LogP contribution in [-0.4, -0.2) is 65.1 Å². The summed E-state index contributed by atoms with van der Waals surface area (Å²) in [6, 6.07) is 0. The third-order valence-electron chi connectivity index (χ3n) is 3.82. The molecule has 2 rings (SSSR count). The topological polar surface area (TPSA) is 89.4 Å². The van der Waals surface area contributed by atoms with Crippen LogP contribution in [-0.2, 0) is 20.9 Å². The van der Waals surface area contributed by atoms with Crippen LogP contribution in [0.15, 0.2) is 12.4 Å². The molecule has 122 valence electrons. The Kier molecular flexibility index (Phi) is 6.32. The molecule has 0 unspecified atom stereocenters. The van der Waals surface area contributed by atoms with Crippen LogP contribution >= 0.6 is 0 Å². The van der Waals surface area contributed by atoms with Crippen molar-refractivity contribution in [2.75, 3.05) is 33.4 Å². The van der Waals surface area contributed by atoms with Crippen molar-refractivity contribution >= 4 is 11.8 Å². The number of aryl methyl sites for hydroxylation is 1. The smallest absolute Gasteiger partial charge is 0.248 e. The second kappa shape index (κ2) is 8.47. The third kappa shape index (κ3) is 4.80. The van der Waals surface area contributed by atoms with Crippen LogP contribution in [0.1, 0.15) is 19.3 Å². The number of hydrogen-bond donors (Lipinski definition) is 1. The molecule has 0 atom stereocenters. The number of nitrogens with zero attached hydrogens (tertiary/aromatic N) is 4. The molecular formula is C14H23N5O3. The average molecular weight is 309 g/mol. The zero-order valence-corrected chi connectivity index (χ0v) is 12.9. The summed E-state index contributed by atoms with van der Waals surface area (Å²) in [4.78, 5) is 25.5. The van der Waals surface area contributed by atoms with E-state index in [0.29, 0.717) is 32.5 Å². The number of rotatable bonds is 7. The van der Waals surface area contributed by atoms with E-state index in [1.54, 1.807) is 22.0 Å². The third-order valence-corrected chi connectivity index (χ3v) is 3.82. The monoisotopic (exact) mass is 309 g/mol. The number of amides is 2. The lowest BCUT2D eigenvalue weighted by atomic mass is 9.96. The minimum atomic E-state index is -0.00538. The molecule has 1 aliphatic rings. The van der Waals surface area contributed by atoms with Crippen molar-refractivity contribution in [2.24, 2.45) is 5.92 Å². The van der Waals surface area contributed by atoms with Gasteiger partial charge in [-0.3, -0.25) is 14.3 Å². The lowest BCUT2D eigenvalue weighted by molar-refractivity contribution is -0.138. The van der Waals surface area contributed by atoms with Gasteiger partial charge in [0.15, 0.2) is 0 Å². The quantitative estimate of drug-likeness (QED) is 0.697. The van der Waals surface area contributed by atoms with Crippen LogP contribution in [0.25, 0.3) is 0 Å². The Morgan fingerprint density at radius 1 is 1.36 bits per heavy atom. The molecule has 8 heteroatoms. The second-order valence-electron chi connectivity index (χ2n) is 5.40. The minimum Gasteiger partial charge on any atom is -0.375 e. The van der Waals surface area contributed by atoms with Crippen molar-refractivity contribution in [3.63, 3.8) is 0 Å². The first-order valence-electron chi connectivity index (χ1n) is 7.59. The lowest BCUT2D eigenvalue weighted by Gasteiger charge is -2.31. The van der Waals surface area contributed by atoms with Crippen LogP contribution < -0.4 is 5.32 Å². The number of aromatic nitrogens is 3. The van der Waals surface area contributed by atoms with E-state index in [4.69, 9.17) is 4.74 Å². The van der Waals surface area contributed by atoms with Crippen LogP contribution in [0.3, 0.4) is 0 Å². The van der Waals surface area contributed by atoms with Gasteiger partial charge >= 0.3 is 0 Å². The first-order chi connectivity index (χ1) is 10.7. The summed E-state index contributed by atoms with van der Waals surface area (Å²) in [7, 11) is 1.51. The normalized spacial score (nSPS) is 15.8. The Morgan fingerprint density at radius 3 is 2.77 bits per heavy atom. The lowest BCUT2D eigenvalue weighted by Crippen LogP contribution is -2.44. The summed E-state index contributed by atoms with van der Waals surface area (Å²) < 4.78 is 6.59. The summed E-state index contributed by atoms with van der Waals surface area (Å²) in [5, 5.41) is 10.6. The number of methoxy groups -OCH3 is 1. The molecule has 2 heterocycles. The Morgan fingerprint density at radius 2 is 2.14 bits per heavy atom. The van der Waals surface area contributed by atoms with Crippen molar-refractivity contribution in [3.8, 4) is 0 Å². The molecule has 2 amide bonds. The Hall–Kier alpha value is -1.96. The van der Waals surface area contributed by atoms with E-state index in [0.717, 1.165) is 13.0 Å². The number of carbonyl (C=O) groups excluding carboxylic acids is 2. The summed E-state index contributed by atoms with van der Waals surface area (Å²) in [5.41, 5.74) is 0. The molecule has 0 aromatic carbocycles. The molecule has 0 bridgehead atoms. The van der Waals surface area contributed by atoms with E-state index in [2.05, 4.69) is 15.6 Å². The molecule has 0 spiro atoms. The van der Waals surface area contributed by atoms with Gasteiger partial charge in [-0.05, 0) is 19.3 Å². The molecule has 1 N–H and O–H groups in total. The molecule has 1 aromatic rings. The van der Waals surface area contributed by atoms with Crippen molar-refractivity contribution < 1.29 is 14.3 Å². The van der Waals surface area contributed by atoms with Crippen LogP contribution in [0.4, 0.5) is 0 Å². The van der Waals surface area contributed by atoms with Crippen molar-refractivity contribution in [1.82, 2.24) is 25.2 Å². The summed E-state index contributed by atoms with van der Waals surface area (Å²) >= 11 is 0. The van der Waals surface area contributed by atoms with Gasteiger partial charge in [-0.25, -0.2) is 0 Å². The second-order valence-corrected chi connectivity index (χ2v) is 5.40. The predicted molar refractivity (Wildman–Crippen MR) is 78.8 cm³/mol. The molecule has 0 radical (unpaired) electrons. The average Bonchev–Trinajstić information content (AvgIpc) is 3.05. The SMILES string of the molecule is COCC(=O)N1CCC(C(=O)NCCCn2ccnn2)CC1.